The fourth-order valence-electron chi connectivity index (χ4n) is 4.24. The molecular weight excluding hydrogens is 408 g/mol. The van der Waals surface area contributed by atoms with Gasteiger partial charge >= 0.3 is 0 Å². The van der Waals surface area contributed by atoms with E-state index in [4.69, 9.17) is 19.9 Å². The zero-order valence-corrected chi connectivity index (χ0v) is 18.4. The largest absolute Gasteiger partial charge is 0.383 e. The third kappa shape index (κ3) is 5.04. The molecule has 0 spiro atoms. The van der Waals surface area contributed by atoms with Crippen molar-refractivity contribution in [2.75, 3.05) is 32.2 Å². The van der Waals surface area contributed by atoms with Crippen LogP contribution in [0.3, 0.4) is 0 Å². The summed E-state index contributed by atoms with van der Waals surface area (Å²) in [5.74, 6) is 1.28. The van der Waals surface area contributed by atoms with E-state index in [-0.39, 0.29) is 6.29 Å². The second-order valence-electron chi connectivity index (χ2n) is 8.25. The number of ether oxygens (including phenoxy) is 3. The van der Waals surface area contributed by atoms with Gasteiger partial charge in [0, 0.05) is 34.0 Å². The summed E-state index contributed by atoms with van der Waals surface area (Å²) >= 11 is 1.74. The normalized spacial score (nSPS) is 18.5. The lowest BCUT2D eigenvalue weighted by atomic mass is 9.92. The molecule has 2 N–H and O–H groups in total. The first kappa shape index (κ1) is 20.8. The van der Waals surface area contributed by atoms with Crippen LogP contribution in [0.15, 0.2) is 58.3 Å². The van der Waals surface area contributed by atoms with Crippen LogP contribution in [0.1, 0.15) is 36.7 Å². The van der Waals surface area contributed by atoms with E-state index in [1.807, 2.05) is 0 Å². The molecule has 0 bridgehead atoms. The molecule has 5 rings (SSSR count). The number of nitrogens with two attached hydrogens (primary N) is 1. The highest BCUT2D eigenvalue weighted by molar-refractivity contribution is 7.99. The number of hydrogen-bond donors (Lipinski definition) is 1. The van der Waals surface area contributed by atoms with Gasteiger partial charge in [-0.2, -0.15) is 0 Å². The topological polar surface area (TPSA) is 66.6 Å². The van der Waals surface area contributed by atoms with Crippen LogP contribution in [0.4, 0.5) is 5.82 Å². The van der Waals surface area contributed by atoms with Crippen LogP contribution in [0.5, 0.6) is 0 Å². The predicted octanol–water partition coefficient (Wildman–Crippen LogP) is 5.37. The molecule has 0 atom stereocenters. The SMILES string of the molecule is Nc1nc2ccc(Sc3cccc(C4OCCCO4)c3)cc2cc1CC1CCOCC1. The van der Waals surface area contributed by atoms with Gasteiger partial charge in [0.1, 0.15) is 5.82 Å². The van der Waals surface area contributed by atoms with Crippen molar-refractivity contribution >= 4 is 28.5 Å². The third-order valence-electron chi connectivity index (χ3n) is 5.94. The molecule has 31 heavy (non-hydrogen) atoms. The van der Waals surface area contributed by atoms with Crippen LogP contribution < -0.4 is 5.73 Å². The molecule has 0 saturated carbocycles. The summed E-state index contributed by atoms with van der Waals surface area (Å²) in [6.07, 6.45) is 3.86. The van der Waals surface area contributed by atoms with E-state index in [1.165, 1.54) is 9.79 Å². The number of pyridine rings is 1. The summed E-state index contributed by atoms with van der Waals surface area (Å²) in [6, 6.07) is 17.0. The Balaban J connectivity index is 1.36. The minimum absolute atomic E-state index is 0.258. The average molecular weight is 437 g/mol. The van der Waals surface area contributed by atoms with Crippen molar-refractivity contribution in [2.24, 2.45) is 5.92 Å². The van der Waals surface area contributed by atoms with E-state index in [0.717, 1.165) is 74.1 Å². The molecule has 0 amide bonds. The molecule has 3 heterocycles. The van der Waals surface area contributed by atoms with Crippen LogP contribution in [-0.2, 0) is 20.6 Å². The van der Waals surface area contributed by atoms with Gasteiger partial charge in [-0.1, -0.05) is 23.9 Å². The Morgan fingerprint density at radius 3 is 2.58 bits per heavy atom. The van der Waals surface area contributed by atoms with Gasteiger partial charge in [-0.3, -0.25) is 0 Å². The van der Waals surface area contributed by atoms with E-state index in [1.54, 1.807) is 11.8 Å². The van der Waals surface area contributed by atoms with E-state index < -0.39 is 0 Å². The van der Waals surface area contributed by atoms with Gasteiger partial charge in [0.25, 0.3) is 0 Å². The molecule has 0 unspecified atom stereocenters. The highest BCUT2D eigenvalue weighted by Gasteiger charge is 2.18. The monoisotopic (exact) mass is 436 g/mol. The lowest BCUT2D eigenvalue weighted by Crippen LogP contribution is -2.18. The number of rotatable bonds is 5. The summed E-state index contributed by atoms with van der Waals surface area (Å²) in [4.78, 5) is 7.02. The third-order valence-corrected chi connectivity index (χ3v) is 6.92. The molecule has 162 valence electrons. The quantitative estimate of drug-likeness (QED) is 0.580. The van der Waals surface area contributed by atoms with Crippen LogP contribution in [0, 0.1) is 5.92 Å². The molecule has 0 radical (unpaired) electrons. The van der Waals surface area contributed by atoms with Gasteiger partial charge in [0.15, 0.2) is 6.29 Å². The van der Waals surface area contributed by atoms with Crippen molar-refractivity contribution in [1.82, 2.24) is 4.98 Å². The van der Waals surface area contributed by atoms with Crippen molar-refractivity contribution in [3.05, 3.63) is 59.7 Å². The standard InChI is InChI=1S/C25H28N2O3S/c26-24-20(13-17-7-11-28-12-8-17)14-19-16-22(5-6-23(19)27-24)31-21-4-1-3-18(15-21)25-29-9-2-10-30-25/h1,3-6,14-17,25H,2,7-13H2,(H2,26,27). The van der Waals surface area contributed by atoms with Crippen molar-refractivity contribution in [3.63, 3.8) is 0 Å². The first-order valence-corrected chi connectivity index (χ1v) is 11.8. The van der Waals surface area contributed by atoms with Crippen LogP contribution in [-0.4, -0.2) is 31.4 Å². The minimum atomic E-state index is -0.258. The fraction of sp³-hybridized carbons (Fsp3) is 0.400. The van der Waals surface area contributed by atoms with Crippen LogP contribution in [0.2, 0.25) is 0 Å². The summed E-state index contributed by atoms with van der Waals surface area (Å²) in [5.41, 5.74) is 9.44. The predicted molar refractivity (Wildman–Crippen MR) is 123 cm³/mol. The van der Waals surface area contributed by atoms with Gasteiger partial charge < -0.3 is 19.9 Å². The summed E-state index contributed by atoms with van der Waals surface area (Å²) in [5, 5.41) is 1.14. The zero-order chi connectivity index (χ0) is 21.0. The molecule has 2 aliphatic heterocycles. The average Bonchev–Trinajstić information content (AvgIpc) is 2.81. The molecule has 5 nitrogen and oxygen atoms in total. The number of fused-ring (bicyclic) bond motifs is 1. The first-order chi connectivity index (χ1) is 15.2. The lowest BCUT2D eigenvalue weighted by Gasteiger charge is -2.23. The summed E-state index contributed by atoms with van der Waals surface area (Å²) in [7, 11) is 0. The molecule has 2 aliphatic rings. The Kier molecular flexibility index (Phi) is 6.41. The minimum Gasteiger partial charge on any atom is -0.383 e. The highest BCUT2D eigenvalue weighted by Crippen LogP contribution is 2.34. The lowest BCUT2D eigenvalue weighted by molar-refractivity contribution is -0.183. The fourth-order valence-corrected chi connectivity index (χ4v) is 5.18. The Morgan fingerprint density at radius 2 is 1.74 bits per heavy atom. The Bertz CT molecular complexity index is 1050. The molecule has 2 fully saturated rings. The van der Waals surface area contributed by atoms with Crippen LogP contribution >= 0.6 is 11.8 Å². The van der Waals surface area contributed by atoms with Crippen LogP contribution in [0.25, 0.3) is 10.9 Å². The van der Waals surface area contributed by atoms with E-state index >= 15 is 0 Å². The second kappa shape index (κ2) is 9.57. The van der Waals surface area contributed by atoms with Gasteiger partial charge in [-0.15, -0.1) is 0 Å². The van der Waals surface area contributed by atoms with Crippen molar-refractivity contribution in [2.45, 2.75) is 41.8 Å². The number of nitrogens with zero attached hydrogens (tertiary/aromatic N) is 1. The zero-order valence-electron chi connectivity index (χ0n) is 17.6. The van der Waals surface area contributed by atoms with Crippen molar-refractivity contribution in [1.29, 1.82) is 0 Å². The maximum atomic E-state index is 6.28. The molecule has 6 heteroatoms. The maximum Gasteiger partial charge on any atom is 0.183 e. The van der Waals surface area contributed by atoms with Gasteiger partial charge in [-0.05, 0) is 73.6 Å². The molecular formula is C25H28N2O3S. The highest BCUT2D eigenvalue weighted by atomic mass is 32.2. The molecule has 3 aromatic rings. The summed E-state index contributed by atoms with van der Waals surface area (Å²) in [6.45, 7) is 3.20. The number of anilines is 1. The number of hydrogen-bond acceptors (Lipinski definition) is 6. The van der Waals surface area contributed by atoms with E-state index in [0.29, 0.717) is 11.7 Å². The number of nitrogen functional groups attached to an aromatic ring is 1. The second-order valence-corrected chi connectivity index (χ2v) is 9.40. The maximum absolute atomic E-state index is 6.28. The molecule has 1 aromatic heterocycles. The Morgan fingerprint density at radius 1 is 0.935 bits per heavy atom. The smallest absolute Gasteiger partial charge is 0.183 e. The Hall–Kier alpha value is -2.12. The summed E-state index contributed by atoms with van der Waals surface area (Å²) < 4.78 is 17.0. The number of benzene rings is 2. The molecule has 2 saturated heterocycles. The van der Waals surface area contributed by atoms with Crippen molar-refractivity contribution < 1.29 is 14.2 Å². The van der Waals surface area contributed by atoms with E-state index in [9.17, 15) is 0 Å². The van der Waals surface area contributed by atoms with Gasteiger partial charge in [-0.25, -0.2) is 4.98 Å². The van der Waals surface area contributed by atoms with Gasteiger partial charge in [0.2, 0.25) is 0 Å². The molecule has 0 aliphatic carbocycles. The molecule has 2 aromatic carbocycles. The van der Waals surface area contributed by atoms with Crippen molar-refractivity contribution in [3.8, 4) is 0 Å². The Labute approximate surface area is 187 Å². The van der Waals surface area contributed by atoms with Gasteiger partial charge in [0.05, 0.1) is 18.7 Å². The van der Waals surface area contributed by atoms with E-state index in [2.05, 4.69) is 53.5 Å². The number of aromatic nitrogens is 1. The first-order valence-electron chi connectivity index (χ1n) is 11.0.